The highest BCUT2D eigenvalue weighted by atomic mass is 16.5. The first kappa shape index (κ1) is 15.2. The maximum atomic E-state index is 5.91. The van der Waals surface area contributed by atoms with Crippen molar-refractivity contribution < 1.29 is 4.74 Å². The van der Waals surface area contributed by atoms with Crippen molar-refractivity contribution in [3.05, 3.63) is 35.4 Å². The van der Waals surface area contributed by atoms with Gasteiger partial charge in [0.25, 0.3) is 0 Å². The molecule has 0 radical (unpaired) electrons. The Morgan fingerprint density at radius 2 is 1.94 bits per heavy atom. The Bertz CT molecular complexity index is 354. The van der Waals surface area contributed by atoms with Crippen LogP contribution in [0.5, 0.6) is 0 Å². The van der Waals surface area contributed by atoms with Gasteiger partial charge < -0.3 is 10.1 Å². The van der Waals surface area contributed by atoms with Crippen LogP contribution in [-0.2, 0) is 11.2 Å². The fourth-order valence-corrected chi connectivity index (χ4v) is 1.88. The number of likely N-dealkylation sites (N-methyl/N-ethyl adjacent to an activating group) is 1. The Morgan fingerprint density at radius 3 is 2.50 bits per heavy atom. The molecule has 1 aromatic rings. The van der Waals surface area contributed by atoms with Crippen molar-refractivity contribution in [1.82, 2.24) is 5.32 Å². The Balaban J connectivity index is 2.76. The molecule has 0 aliphatic rings. The van der Waals surface area contributed by atoms with Gasteiger partial charge in [-0.25, -0.2) is 0 Å². The van der Waals surface area contributed by atoms with Gasteiger partial charge in [0.05, 0.1) is 18.2 Å². The molecule has 0 amide bonds. The van der Waals surface area contributed by atoms with Crippen molar-refractivity contribution in [3.63, 3.8) is 0 Å². The Kier molecular flexibility index (Phi) is 5.83. The Labute approximate surface area is 112 Å². The third-order valence-electron chi connectivity index (χ3n) is 2.90. The van der Waals surface area contributed by atoms with Crippen LogP contribution in [-0.4, -0.2) is 18.8 Å². The molecule has 0 fully saturated rings. The summed E-state index contributed by atoms with van der Waals surface area (Å²) in [4.78, 5) is 0. The largest absolute Gasteiger partial charge is 0.374 e. The van der Waals surface area contributed by atoms with Crippen LogP contribution < -0.4 is 5.32 Å². The highest BCUT2D eigenvalue weighted by Gasteiger charge is 2.16. The lowest BCUT2D eigenvalue weighted by Gasteiger charge is -2.25. The Morgan fingerprint density at radius 1 is 1.22 bits per heavy atom. The van der Waals surface area contributed by atoms with E-state index in [0.717, 1.165) is 13.0 Å². The zero-order valence-electron chi connectivity index (χ0n) is 12.4. The van der Waals surface area contributed by atoms with Gasteiger partial charge in [-0.1, -0.05) is 38.1 Å². The molecule has 0 aliphatic heterocycles. The molecule has 0 heterocycles. The normalized spacial score (nSPS) is 13.6. The number of nitrogens with one attached hydrogen (secondary N) is 1. The lowest BCUT2D eigenvalue weighted by molar-refractivity contribution is -0.0146. The fourth-order valence-electron chi connectivity index (χ4n) is 1.88. The van der Waals surface area contributed by atoms with Crippen molar-refractivity contribution in [1.29, 1.82) is 0 Å². The second-order valence-corrected chi connectivity index (χ2v) is 5.63. The summed E-state index contributed by atoms with van der Waals surface area (Å²) in [6, 6.07) is 9.05. The molecule has 1 aromatic carbocycles. The lowest BCUT2D eigenvalue weighted by Crippen LogP contribution is -2.30. The van der Waals surface area contributed by atoms with Crippen molar-refractivity contribution in [2.24, 2.45) is 0 Å². The minimum atomic E-state index is -0.0873. The number of aryl methyl sites for hydroxylation is 1. The highest BCUT2D eigenvalue weighted by Crippen LogP contribution is 2.18. The quantitative estimate of drug-likeness (QED) is 0.829. The van der Waals surface area contributed by atoms with Gasteiger partial charge in [-0.2, -0.15) is 0 Å². The number of ether oxygens (including phenoxy) is 1. The summed E-state index contributed by atoms with van der Waals surface area (Å²) in [5.74, 6) is 0. The highest BCUT2D eigenvalue weighted by molar-refractivity contribution is 5.26. The van der Waals surface area contributed by atoms with Gasteiger partial charge in [0, 0.05) is 0 Å². The molecule has 2 heteroatoms. The zero-order chi connectivity index (χ0) is 13.6. The molecule has 0 saturated carbocycles. The molecule has 102 valence electrons. The van der Waals surface area contributed by atoms with E-state index in [2.05, 4.69) is 64.2 Å². The molecule has 1 unspecified atom stereocenters. The molecule has 0 bridgehead atoms. The average molecular weight is 249 g/mol. The molecule has 0 saturated heterocycles. The molecule has 1 N–H and O–H groups in total. The maximum Gasteiger partial charge on any atom is 0.0668 e. The lowest BCUT2D eigenvalue weighted by atomic mass is 10.0. The van der Waals surface area contributed by atoms with E-state index in [1.165, 1.54) is 11.1 Å². The summed E-state index contributed by atoms with van der Waals surface area (Å²) in [5.41, 5.74) is 2.61. The van der Waals surface area contributed by atoms with Crippen LogP contribution in [0.3, 0.4) is 0 Å². The second kappa shape index (κ2) is 6.91. The standard InChI is InChI=1S/C16H27NO/c1-6-13-9-8-10-14(11-13)15(17-7-2)12-18-16(3,4)5/h8-11,15,17H,6-7,12H2,1-5H3. The molecule has 0 spiro atoms. The predicted octanol–water partition coefficient (Wildman–Crippen LogP) is 3.71. The summed E-state index contributed by atoms with van der Waals surface area (Å²) in [7, 11) is 0. The summed E-state index contributed by atoms with van der Waals surface area (Å²) in [5, 5.41) is 3.50. The van der Waals surface area contributed by atoms with Crippen LogP contribution >= 0.6 is 0 Å². The first-order valence-corrected chi connectivity index (χ1v) is 6.92. The summed E-state index contributed by atoms with van der Waals surface area (Å²) < 4.78 is 5.91. The second-order valence-electron chi connectivity index (χ2n) is 5.63. The van der Waals surface area contributed by atoms with Gasteiger partial charge in [-0.15, -0.1) is 0 Å². The minimum Gasteiger partial charge on any atom is -0.374 e. The van der Waals surface area contributed by atoms with Crippen molar-refractivity contribution in [2.75, 3.05) is 13.2 Å². The zero-order valence-corrected chi connectivity index (χ0v) is 12.4. The maximum absolute atomic E-state index is 5.91. The van der Waals surface area contributed by atoms with E-state index in [1.807, 2.05) is 0 Å². The number of rotatable bonds is 6. The van der Waals surface area contributed by atoms with Crippen LogP contribution in [0, 0.1) is 0 Å². The van der Waals surface area contributed by atoms with Gasteiger partial charge in [-0.05, 0) is 44.9 Å². The first-order valence-electron chi connectivity index (χ1n) is 6.92. The number of hydrogen-bond acceptors (Lipinski definition) is 2. The third-order valence-corrected chi connectivity index (χ3v) is 2.90. The van der Waals surface area contributed by atoms with Gasteiger partial charge in [-0.3, -0.25) is 0 Å². The van der Waals surface area contributed by atoms with Crippen molar-refractivity contribution in [3.8, 4) is 0 Å². The SMILES string of the molecule is CCNC(COC(C)(C)C)c1cccc(CC)c1. The van der Waals surface area contributed by atoms with E-state index in [-0.39, 0.29) is 11.6 Å². The van der Waals surface area contributed by atoms with E-state index in [0.29, 0.717) is 6.61 Å². The van der Waals surface area contributed by atoms with Gasteiger partial charge in [0.2, 0.25) is 0 Å². The topological polar surface area (TPSA) is 21.3 Å². The predicted molar refractivity (Wildman–Crippen MR) is 77.9 cm³/mol. The van der Waals surface area contributed by atoms with E-state index in [1.54, 1.807) is 0 Å². The molecule has 0 aliphatic carbocycles. The summed E-state index contributed by atoms with van der Waals surface area (Å²) in [6.45, 7) is 12.3. The third kappa shape index (κ3) is 5.19. The van der Waals surface area contributed by atoms with E-state index >= 15 is 0 Å². The average Bonchev–Trinajstić information content (AvgIpc) is 2.33. The molecule has 18 heavy (non-hydrogen) atoms. The van der Waals surface area contributed by atoms with Gasteiger partial charge in [0.1, 0.15) is 0 Å². The molecule has 0 aromatic heterocycles. The molecular weight excluding hydrogens is 222 g/mol. The number of benzene rings is 1. The van der Waals surface area contributed by atoms with Crippen LogP contribution in [0.15, 0.2) is 24.3 Å². The number of hydrogen-bond donors (Lipinski definition) is 1. The molecule has 1 rings (SSSR count). The fraction of sp³-hybridized carbons (Fsp3) is 0.625. The molecule has 1 atom stereocenters. The summed E-state index contributed by atoms with van der Waals surface area (Å²) >= 11 is 0. The van der Waals surface area contributed by atoms with E-state index in [4.69, 9.17) is 4.74 Å². The molecule has 2 nitrogen and oxygen atoms in total. The van der Waals surface area contributed by atoms with Crippen LogP contribution in [0.4, 0.5) is 0 Å². The van der Waals surface area contributed by atoms with Gasteiger partial charge >= 0.3 is 0 Å². The molecular formula is C16H27NO. The van der Waals surface area contributed by atoms with Crippen LogP contribution in [0.25, 0.3) is 0 Å². The van der Waals surface area contributed by atoms with Crippen molar-refractivity contribution >= 4 is 0 Å². The van der Waals surface area contributed by atoms with E-state index in [9.17, 15) is 0 Å². The van der Waals surface area contributed by atoms with Gasteiger partial charge in [0.15, 0.2) is 0 Å². The monoisotopic (exact) mass is 249 g/mol. The van der Waals surface area contributed by atoms with Crippen LogP contribution in [0.2, 0.25) is 0 Å². The smallest absolute Gasteiger partial charge is 0.0668 e. The van der Waals surface area contributed by atoms with Crippen LogP contribution in [0.1, 0.15) is 51.8 Å². The Hall–Kier alpha value is -0.860. The van der Waals surface area contributed by atoms with Crippen molar-refractivity contribution in [2.45, 2.75) is 52.7 Å². The first-order chi connectivity index (χ1) is 8.46. The van der Waals surface area contributed by atoms with E-state index < -0.39 is 0 Å². The minimum absolute atomic E-state index is 0.0873. The summed E-state index contributed by atoms with van der Waals surface area (Å²) in [6.07, 6.45) is 1.08.